The van der Waals surface area contributed by atoms with Crippen molar-refractivity contribution in [2.75, 3.05) is 11.1 Å². The van der Waals surface area contributed by atoms with E-state index in [2.05, 4.69) is 5.32 Å². The number of halogens is 1. The van der Waals surface area contributed by atoms with E-state index in [9.17, 15) is 4.79 Å². The number of anilines is 2. The highest BCUT2D eigenvalue weighted by molar-refractivity contribution is 6.33. The summed E-state index contributed by atoms with van der Waals surface area (Å²) in [6.45, 7) is 3.48. The van der Waals surface area contributed by atoms with Crippen molar-refractivity contribution >= 4 is 28.9 Å². The summed E-state index contributed by atoms with van der Waals surface area (Å²) in [6, 6.07) is 1.62. The molecule has 0 bridgehead atoms. The van der Waals surface area contributed by atoms with Crippen LogP contribution in [0.3, 0.4) is 0 Å². The maximum Gasteiger partial charge on any atom is 0.265 e. The summed E-state index contributed by atoms with van der Waals surface area (Å²) in [5, 5.41) is 3.15. The van der Waals surface area contributed by atoms with Gasteiger partial charge in [0, 0.05) is 5.69 Å². The van der Waals surface area contributed by atoms with Crippen molar-refractivity contribution < 1.29 is 9.53 Å². The van der Waals surface area contributed by atoms with Gasteiger partial charge in [-0.3, -0.25) is 4.79 Å². The molecule has 1 aliphatic rings. The predicted octanol–water partition coefficient (Wildman–Crippen LogP) is 1.95. The largest absolute Gasteiger partial charge is 0.477 e. The molecule has 1 atom stereocenters. The van der Waals surface area contributed by atoms with Gasteiger partial charge in [-0.1, -0.05) is 11.6 Å². The fourth-order valence-corrected chi connectivity index (χ4v) is 1.72. The number of ether oxygens (including phenoxy) is 1. The second-order valence-corrected chi connectivity index (χ2v) is 3.93. The summed E-state index contributed by atoms with van der Waals surface area (Å²) in [5.74, 6) is 0.308. The van der Waals surface area contributed by atoms with Crippen LogP contribution in [0, 0.1) is 6.92 Å². The van der Waals surface area contributed by atoms with Crippen LogP contribution < -0.4 is 15.8 Å². The first-order chi connectivity index (χ1) is 7.00. The van der Waals surface area contributed by atoms with Crippen LogP contribution in [-0.2, 0) is 4.79 Å². The summed E-state index contributed by atoms with van der Waals surface area (Å²) in [5.41, 5.74) is 7.62. The van der Waals surface area contributed by atoms with E-state index in [1.165, 1.54) is 0 Å². The summed E-state index contributed by atoms with van der Waals surface area (Å²) >= 11 is 5.98. The molecule has 1 amide bonds. The predicted molar refractivity (Wildman–Crippen MR) is 59.3 cm³/mol. The quantitative estimate of drug-likeness (QED) is 0.665. The fraction of sp³-hybridized carbons (Fsp3) is 0.300. The van der Waals surface area contributed by atoms with E-state index in [-0.39, 0.29) is 5.91 Å². The van der Waals surface area contributed by atoms with Crippen LogP contribution in [0.25, 0.3) is 0 Å². The Morgan fingerprint density at radius 2 is 2.27 bits per heavy atom. The fourth-order valence-electron chi connectivity index (χ4n) is 1.47. The van der Waals surface area contributed by atoms with Gasteiger partial charge < -0.3 is 15.8 Å². The molecule has 5 heteroatoms. The van der Waals surface area contributed by atoms with Gasteiger partial charge in [-0.05, 0) is 25.5 Å². The minimum absolute atomic E-state index is 0.188. The first-order valence-corrected chi connectivity index (χ1v) is 4.94. The summed E-state index contributed by atoms with van der Waals surface area (Å²) in [4.78, 5) is 11.4. The van der Waals surface area contributed by atoms with Gasteiger partial charge in [0.25, 0.3) is 5.91 Å². The summed E-state index contributed by atoms with van der Waals surface area (Å²) < 4.78 is 5.41. The van der Waals surface area contributed by atoms with Gasteiger partial charge in [-0.25, -0.2) is 0 Å². The van der Waals surface area contributed by atoms with Crippen LogP contribution in [-0.4, -0.2) is 12.0 Å². The maximum atomic E-state index is 11.4. The summed E-state index contributed by atoms with van der Waals surface area (Å²) in [6.07, 6.45) is -0.530. The molecule has 0 fully saturated rings. The van der Waals surface area contributed by atoms with Crippen LogP contribution >= 0.6 is 11.6 Å². The molecule has 1 heterocycles. The highest BCUT2D eigenvalue weighted by Crippen LogP contribution is 2.41. The van der Waals surface area contributed by atoms with E-state index in [4.69, 9.17) is 22.1 Å². The first kappa shape index (κ1) is 10.1. The van der Waals surface area contributed by atoms with E-state index < -0.39 is 6.10 Å². The number of carbonyl (C=O) groups excluding carboxylic acids is 1. The Bertz CT molecular complexity index is 446. The topological polar surface area (TPSA) is 64.3 Å². The molecule has 0 spiro atoms. The second kappa shape index (κ2) is 3.31. The lowest BCUT2D eigenvalue weighted by Gasteiger charge is -2.26. The molecule has 80 valence electrons. The van der Waals surface area contributed by atoms with Gasteiger partial charge in [0.2, 0.25) is 0 Å². The molecule has 0 saturated heterocycles. The minimum Gasteiger partial charge on any atom is -0.477 e. The van der Waals surface area contributed by atoms with Crippen molar-refractivity contribution in [2.45, 2.75) is 20.0 Å². The van der Waals surface area contributed by atoms with Crippen LogP contribution in [0.1, 0.15) is 12.5 Å². The van der Waals surface area contributed by atoms with E-state index in [1.54, 1.807) is 13.0 Å². The third-order valence-electron chi connectivity index (χ3n) is 2.45. The van der Waals surface area contributed by atoms with Crippen molar-refractivity contribution in [3.05, 3.63) is 16.7 Å². The Morgan fingerprint density at radius 1 is 1.60 bits per heavy atom. The molecule has 1 unspecified atom stereocenters. The smallest absolute Gasteiger partial charge is 0.265 e. The highest BCUT2D eigenvalue weighted by Gasteiger charge is 2.27. The minimum atomic E-state index is -0.530. The van der Waals surface area contributed by atoms with Gasteiger partial charge in [-0.2, -0.15) is 0 Å². The molecule has 3 N–H and O–H groups in total. The lowest BCUT2D eigenvalue weighted by molar-refractivity contribution is -0.122. The molecule has 1 aromatic carbocycles. The molecule has 2 rings (SSSR count). The SMILES string of the molecule is Cc1c(N)cc(Cl)c2c1NC(=O)C(C)O2. The number of hydrogen-bond acceptors (Lipinski definition) is 3. The van der Waals surface area contributed by atoms with E-state index >= 15 is 0 Å². The van der Waals surface area contributed by atoms with Crippen molar-refractivity contribution in [1.29, 1.82) is 0 Å². The molecule has 0 aliphatic carbocycles. The number of fused-ring (bicyclic) bond motifs is 1. The first-order valence-electron chi connectivity index (χ1n) is 4.56. The van der Waals surface area contributed by atoms with Crippen LogP contribution in [0.2, 0.25) is 5.02 Å². The normalized spacial score (nSPS) is 19.1. The van der Waals surface area contributed by atoms with E-state index in [0.717, 1.165) is 5.56 Å². The molecule has 4 nitrogen and oxygen atoms in total. The number of nitrogens with two attached hydrogens (primary N) is 1. The number of hydrogen-bond donors (Lipinski definition) is 2. The van der Waals surface area contributed by atoms with Crippen molar-refractivity contribution in [3.8, 4) is 5.75 Å². The Kier molecular flexibility index (Phi) is 2.23. The van der Waals surface area contributed by atoms with Crippen LogP contribution in [0.5, 0.6) is 5.75 Å². The molecule has 0 radical (unpaired) electrons. The number of carbonyl (C=O) groups is 1. The number of amides is 1. The zero-order chi connectivity index (χ0) is 11.2. The zero-order valence-corrected chi connectivity index (χ0v) is 9.18. The monoisotopic (exact) mass is 226 g/mol. The molecule has 0 aromatic heterocycles. The van der Waals surface area contributed by atoms with Crippen LogP contribution in [0.4, 0.5) is 11.4 Å². The van der Waals surface area contributed by atoms with Gasteiger partial charge in [0.15, 0.2) is 11.9 Å². The second-order valence-electron chi connectivity index (χ2n) is 3.53. The molecule has 15 heavy (non-hydrogen) atoms. The molecular formula is C10H11ClN2O2. The highest BCUT2D eigenvalue weighted by atomic mass is 35.5. The van der Waals surface area contributed by atoms with Gasteiger partial charge >= 0.3 is 0 Å². The molecule has 1 aromatic rings. The molecule has 0 saturated carbocycles. The Hall–Kier alpha value is -1.42. The zero-order valence-electron chi connectivity index (χ0n) is 8.43. The van der Waals surface area contributed by atoms with Gasteiger partial charge in [-0.15, -0.1) is 0 Å². The van der Waals surface area contributed by atoms with Crippen molar-refractivity contribution in [2.24, 2.45) is 0 Å². The van der Waals surface area contributed by atoms with E-state index in [1.807, 2.05) is 6.92 Å². The van der Waals surface area contributed by atoms with Gasteiger partial charge in [0.1, 0.15) is 0 Å². The van der Waals surface area contributed by atoms with Crippen molar-refractivity contribution in [3.63, 3.8) is 0 Å². The number of rotatable bonds is 0. The number of nitrogen functional groups attached to an aromatic ring is 1. The standard InChI is InChI=1S/C10H11ClN2O2/c1-4-7(12)3-6(11)9-8(4)13-10(14)5(2)15-9/h3,5H,12H2,1-2H3,(H,13,14). The van der Waals surface area contributed by atoms with Crippen molar-refractivity contribution in [1.82, 2.24) is 0 Å². The average Bonchev–Trinajstić information content (AvgIpc) is 2.18. The van der Waals surface area contributed by atoms with Gasteiger partial charge in [0.05, 0.1) is 10.7 Å². The van der Waals surface area contributed by atoms with Crippen LogP contribution in [0.15, 0.2) is 6.07 Å². The Labute approximate surface area is 92.4 Å². The third-order valence-corrected chi connectivity index (χ3v) is 2.73. The Morgan fingerprint density at radius 3 is 2.93 bits per heavy atom. The maximum absolute atomic E-state index is 11.4. The Balaban J connectivity index is 2.61. The lowest BCUT2D eigenvalue weighted by atomic mass is 10.1. The number of nitrogens with one attached hydrogen (secondary N) is 1. The number of benzene rings is 1. The molecule has 1 aliphatic heterocycles. The van der Waals surface area contributed by atoms with E-state index in [0.29, 0.717) is 22.1 Å². The average molecular weight is 227 g/mol. The third kappa shape index (κ3) is 1.51. The molecular weight excluding hydrogens is 216 g/mol. The summed E-state index contributed by atoms with van der Waals surface area (Å²) in [7, 11) is 0. The lowest BCUT2D eigenvalue weighted by Crippen LogP contribution is -2.35.